The monoisotopic (exact) mass is 181 g/mol. The van der Waals surface area contributed by atoms with E-state index >= 15 is 0 Å². The van der Waals surface area contributed by atoms with E-state index in [4.69, 9.17) is 4.74 Å². The highest BCUT2D eigenvalue weighted by Gasteiger charge is 2.25. The fourth-order valence-electron chi connectivity index (χ4n) is 1.25. The normalized spacial score (nSPS) is 15.8. The van der Waals surface area contributed by atoms with Crippen LogP contribution in [0.15, 0.2) is 12.4 Å². The van der Waals surface area contributed by atoms with Crippen LogP contribution in [0.25, 0.3) is 0 Å². The van der Waals surface area contributed by atoms with Gasteiger partial charge in [-0.1, -0.05) is 6.92 Å². The second-order valence-electron chi connectivity index (χ2n) is 3.27. The zero-order valence-corrected chi connectivity index (χ0v) is 7.59. The summed E-state index contributed by atoms with van der Waals surface area (Å²) in [5.74, 6) is 0.352. The van der Waals surface area contributed by atoms with Gasteiger partial charge in [0, 0.05) is 5.56 Å². The molecule has 1 aromatic rings. The number of aromatic nitrogens is 1. The van der Waals surface area contributed by atoms with Crippen LogP contribution in [0.1, 0.15) is 25.3 Å². The van der Waals surface area contributed by atoms with E-state index in [9.17, 15) is 4.39 Å². The highest BCUT2D eigenvalue weighted by molar-refractivity contribution is 5.31. The molecule has 2 rings (SSSR count). The molecule has 1 aliphatic carbocycles. The Labute approximate surface area is 76.7 Å². The molecule has 0 unspecified atom stereocenters. The minimum absolute atomic E-state index is 0.263. The lowest BCUT2D eigenvalue weighted by Gasteiger charge is -2.08. The van der Waals surface area contributed by atoms with E-state index in [2.05, 4.69) is 4.98 Å². The molecule has 0 atom stereocenters. The molecule has 0 aliphatic heterocycles. The molecule has 1 aromatic heterocycles. The second-order valence-corrected chi connectivity index (χ2v) is 3.27. The Morgan fingerprint density at radius 3 is 2.92 bits per heavy atom. The first kappa shape index (κ1) is 8.48. The summed E-state index contributed by atoms with van der Waals surface area (Å²) >= 11 is 0. The van der Waals surface area contributed by atoms with Gasteiger partial charge < -0.3 is 4.74 Å². The second kappa shape index (κ2) is 3.32. The lowest BCUT2D eigenvalue weighted by molar-refractivity contribution is 0.296. The molecule has 0 amide bonds. The molecule has 0 N–H and O–H groups in total. The van der Waals surface area contributed by atoms with Crippen molar-refractivity contribution in [3.63, 3.8) is 0 Å². The summed E-state index contributed by atoms with van der Waals surface area (Å²) in [6.07, 6.45) is 5.95. The Kier molecular flexibility index (Phi) is 2.17. The van der Waals surface area contributed by atoms with Crippen LogP contribution in [0.3, 0.4) is 0 Å². The van der Waals surface area contributed by atoms with Crippen molar-refractivity contribution in [3.8, 4) is 5.75 Å². The molecule has 1 fully saturated rings. The van der Waals surface area contributed by atoms with Gasteiger partial charge in [-0.2, -0.15) is 0 Å². The average molecular weight is 181 g/mol. The van der Waals surface area contributed by atoms with Crippen molar-refractivity contribution in [2.75, 3.05) is 0 Å². The number of halogens is 1. The van der Waals surface area contributed by atoms with E-state index in [1.54, 1.807) is 6.20 Å². The molecule has 2 nitrogen and oxygen atoms in total. The fraction of sp³-hybridized carbons (Fsp3) is 0.500. The van der Waals surface area contributed by atoms with Crippen LogP contribution in [0.2, 0.25) is 0 Å². The minimum Gasteiger partial charge on any atom is -0.488 e. The van der Waals surface area contributed by atoms with E-state index in [0.717, 1.165) is 12.8 Å². The number of nitrogens with zero attached hydrogens (tertiary/aromatic N) is 1. The van der Waals surface area contributed by atoms with Crippen molar-refractivity contribution < 1.29 is 9.13 Å². The third-order valence-corrected chi connectivity index (χ3v) is 2.14. The van der Waals surface area contributed by atoms with E-state index in [0.29, 0.717) is 23.8 Å². The SMILES string of the molecule is CCc1c(F)cncc1OC1CC1. The van der Waals surface area contributed by atoms with Gasteiger partial charge in [-0.15, -0.1) is 0 Å². The van der Waals surface area contributed by atoms with Crippen molar-refractivity contribution in [2.45, 2.75) is 32.3 Å². The highest BCUT2D eigenvalue weighted by atomic mass is 19.1. The van der Waals surface area contributed by atoms with E-state index in [-0.39, 0.29) is 5.82 Å². The van der Waals surface area contributed by atoms with Crippen LogP contribution in [0.4, 0.5) is 4.39 Å². The van der Waals surface area contributed by atoms with Crippen LogP contribution in [-0.4, -0.2) is 11.1 Å². The smallest absolute Gasteiger partial charge is 0.148 e. The first-order valence-corrected chi connectivity index (χ1v) is 4.60. The Balaban J connectivity index is 2.25. The van der Waals surface area contributed by atoms with E-state index in [1.165, 1.54) is 6.20 Å². The average Bonchev–Trinajstić information content (AvgIpc) is 2.89. The molecule has 1 heterocycles. The number of ether oxygens (including phenoxy) is 1. The van der Waals surface area contributed by atoms with Crippen LogP contribution in [-0.2, 0) is 6.42 Å². The number of rotatable bonds is 3. The maximum Gasteiger partial charge on any atom is 0.148 e. The van der Waals surface area contributed by atoms with Gasteiger partial charge in [-0.3, -0.25) is 4.98 Å². The van der Waals surface area contributed by atoms with E-state index in [1.807, 2.05) is 6.92 Å². The predicted molar refractivity (Wildman–Crippen MR) is 47.2 cm³/mol. The third kappa shape index (κ3) is 1.79. The van der Waals surface area contributed by atoms with Crippen molar-refractivity contribution >= 4 is 0 Å². The summed E-state index contributed by atoms with van der Waals surface area (Å²) in [6.45, 7) is 1.91. The molecule has 3 heteroatoms. The molecule has 0 radical (unpaired) electrons. The van der Waals surface area contributed by atoms with Crippen LogP contribution in [0, 0.1) is 5.82 Å². The van der Waals surface area contributed by atoms with Crippen LogP contribution >= 0.6 is 0 Å². The lowest BCUT2D eigenvalue weighted by Crippen LogP contribution is -2.01. The van der Waals surface area contributed by atoms with Gasteiger partial charge in [0.2, 0.25) is 0 Å². The van der Waals surface area contributed by atoms with Gasteiger partial charge in [0.05, 0.1) is 18.5 Å². The third-order valence-electron chi connectivity index (χ3n) is 2.14. The molecular weight excluding hydrogens is 169 g/mol. The largest absolute Gasteiger partial charge is 0.488 e. The first-order valence-electron chi connectivity index (χ1n) is 4.60. The van der Waals surface area contributed by atoms with Gasteiger partial charge in [0.1, 0.15) is 11.6 Å². The summed E-state index contributed by atoms with van der Waals surface area (Å²) in [5, 5.41) is 0. The maximum absolute atomic E-state index is 13.2. The van der Waals surface area contributed by atoms with Gasteiger partial charge in [0.15, 0.2) is 0 Å². The van der Waals surface area contributed by atoms with Crippen molar-refractivity contribution in [1.82, 2.24) is 4.98 Å². The maximum atomic E-state index is 13.2. The van der Waals surface area contributed by atoms with Gasteiger partial charge in [-0.05, 0) is 19.3 Å². The number of hydrogen-bond acceptors (Lipinski definition) is 2. The molecule has 0 saturated heterocycles. The summed E-state index contributed by atoms with van der Waals surface area (Å²) in [7, 11) is 0. The Morgan fingerprint density at radius 2 is 2.31 bits per heavy atom. The quantitative estimate of drug-likeness (QED) is 0.714. The van der Waals surface area contributed by atoms with Crippen LogP contribution < -0.4 is 4.74 Å². The van der Waals surface area contributed by atoms with Gasteiger partial charge >= 0.3 is 0 Å². The number of hydrogen-bond donors (Lipinski definition) is 0. The fourth-order valence-corrected chi connectivity index (χ4v) is 1.25. The summed E-state index contributed by atoms with van der Waals surface area (Å²) in [5.41, 5.74) is 0.641. The standard InChI is InChI=1S/C10H12FNO/c1-2-8-9(11)5-12-6-10(8)13-7-3-4-7/h5-7H,2-4H2,1H3. The van der Waals surface area contributed by atoms with Crippen molar-refractivity contribution in [2.24, 2.45) is 0 Å². The van der Waals surface area contributed by atoms with Crippen molar-refractivity contribution in [3.05, 3.63) is 23.8 Å². The number of pyridine rings is 1. The molecule has 0 bridgehead atoms. The Morgan fingerprint density at radius 1 is 1.54 bits per heavy atom. The molecule has 0 spiro atoms. The highest BCUT2D eigenvalue weighted by Crippen LogP contribution is 2.29. The molecule has 70 valence electrons. The minimum atomic E-state index is -0.263. The molecule has 13 heavy (non-hydrogen) atoms. The summed E-state index contributed by atoms with van der Waals surface area (Å²) < 4.78 is 18.7. The zero-order chi connectivity index (χ0) is 9.26. The van der Waals surface area contributed by atoms with Gasteiger partial charge in [-0.25, -0.2) is 4.39 Å². The molecular formula is C10H12FNO. The molecule has 1 aliphatic rings. The Hall–Kier alpha value is -1.12. The zero-order valence-electron chi connectivity index (χ0n) is 7.59. The predicted octanol–water partition coefficient (Wildman–Crippen LogP) is 2.32. The van der Waals surface area contributed by atoms with E-state index < -0.39 is 0 Å². The summed E-state index contributed by atoms with van der Waals surface area (Å²) in [4.78, 5) is 3.77. The Bertz CT molecular complexity index is 310. The van der Waals surface area contributed by atoms with Crippen LogP contribution in [0.5, 0.6) is 5.75 Å². The van der Waals surface area contributed by atoms with Gasteiger partial charge in [0.25, 0.3) is 0 Å². The van der Waals surface area contributed by atoms with Crippen molar-refractivity contribution in [1.29, 1.82) is 0 Å². The topological polar surface area (TPSA) is 22.1 Å². The molecule has 0 aromatic carbocycles. The first-order chi connectivity index (χ1) is 6.31. The lowest BCUT2D eigenvalue weighted by atomic mass is 10.2. The molecule has 1 saturated carbocycles. The summed E-state index contributed by atoms with van der Waals surface area (Å²) in [6, 6.07) is 0.